The first-order valence-electron chi connectivity index (χ1n) is 6.84. The second-order valence-electron chi connectivity index (χ2n) is 5.23. The van der Waals surface area contributed by atoms with Crippen LogP contribution in [0.5, 0.6) is 0 Å². The van der Waals surface area contributed by atoms with Crippen LogP contribution in [0.1, 0.15) is 78.6 Å². The molecule has 0 aromatic heterocycles. The molecule has 2 heteroatoms. The van der Waals surface area contributed by atoms with Crippen molar-refractivity contribution in [3.8, 4) is 0 Å². The van der Waals surface area contributed by atoms with E-state index in [0.717, 1.165) is 6.42 Å². The Morgan fingerprint density at radius 3 is 1.81 bits per heavy atom. The van der Waals surface area contributed by atoms with Gasteiger partial charge in [-0.3, -0.25) is 0 Å². The molecular formula is C14H30O2. The van der Waals surface area contributed by atoms with Crippen molar-refractivity contribution in [2.45, 2.75) is 84.2 Å². The van der Waals surface area contributed by atoms with Gasteiger partial charge in [-0.25, -0.2) is 9.78 Å². The molecule has 0 saturated carbocycles. The van der Waals surface area contributed by atoms with Gasteiger partial charge in [-0.05, 0) is 20.3 Å². The van der Waals surface area contributed by atoms with Gasteiger partial charge in [0.2, 0.25) is 0 Å². The lowest BCUT2D eigenvalue weighted by molar-refractivity contribution is -0.337. The van der Waals surface area contributed by atoms with Crippen LogP contribution in [0.3, 0.4) is 0 Å². The number of unbranched alkanes of at least 4 members (excludes halogenated alkanes) is 7. The number of hydrogen-bond donors (Lipinski definition) is 0. The molecular weight excluding hydrogens is 200 g/mol. The van der Waals surface area contributed by atoms with Crippen LogP contribution >= 0.6 is 0 Å². The molecule has 0 atom stereocenters. The molecule has 0 radical (unpaired) electrons. The highest BCUT2D eigenvalue weighted by Gasteiger charge is 2.18. The first kappa shape index (κ1) is 15.9. The highest BCUT2D eigenvalue weighted by molar-refractivity contribution is 4.66. The van der Waals surface area contributed by atoms with Crippen LogP contribution in [0.2, 0.25) is 0 Å². The monoisotopic (exact) mass is 230 g/mol. The van der Waals surface area contributed by atoms with Gasteiger partial charge in [0.05, 0.1) is 12.7 Å². The molecule has 0 spiro atoms. The van der Waals surface area contributed by atoms with Crippen molar-refractivity contribution in [1.82, 2.24) is 0 Å². The predicted octanol–water partition coefficient (Wildman–Crippen LogP) is 4.87. The maximum absolute atomic E-state index is 5.19. The highest BCUT2D eigenvalue weighted by atomic mass is 17.2. The van der Waals surface area contributed by atoms with Crippen molar-refractivity contribution in [1.29, 1.82) is 0 Å². The molecule has 0 saturated heterocycles. The Bertz CT molecular complexity index is 144. The van der Waals surface area contributed by atoms with Gasteiger partial charge in [0.15, 0.2) is 0 Å². The van der Waals surface area contributed by atoms with E-state index in [2.05, 4.69) is 20.8 Å². The minimum absolute atomic E-state index is 0.128. The summed E-state index contributed by atoms with van der Waals surface area (Å²) >= 11 is 0. The summed E-state index contributed by atoms with van der Waals surface area (Å²) in [4.78, 5) is 9.92. The number of hydrogen-bond acceptors (Lipinski definition) is 2. The Kier molecular flexibility index (Phi) is 10.0. The molecule has 0 heterocycles. The Morgan fingerprint density at radius 1 is 0.812 bits per heavy atom. The van der Waals surface area contributed by atoms with E-state index in [1.165, 1.54) is 51.4 Å². The summed E-state index contributed by atoms with van der Waals surface area (Å²) in [5.74, 6) is 0. The first-order chi connectivity index (χ1) is 7.62. The van der Waals surface area contributed by atoms with Crippen molar-refractivity contribution < 1.29 is 9.78 Å². The van der Waals surface area contributed by atoms with E-state index >= 15 is 0 Å². The van der Waals surface area contributed by atoms with Gasteiger partial charge in [0.25, 0.3) is 0 Å². The third-order valence-corrected chi connectivity index (χ3v) is 2.94. The summed E-state index contributed by atoms with van der Waals surface area (Å²) < 4.78 is 0. The van der Waals surface area contributed by atoms with Crippen molar-refractivity contribution >= 4 is 0 Å². The molecule has 0 aliphatic carbocycles. The van der Waals surface area contributed by atoms with Crippen molar-refractivity contribution in [3.05, 3.63) is 0 Å². The van der Waals surface area contributed by atoms with E-state index in [1.54, 1.807) is 7.11 Å². The third kappa shape index (κ3) is 10.4. The average molecular weight is 230 g/mol. The number of rotatable bonds is 11. The maximum Gasteiger partial charge on any atom is 0.0979 e. The molecule has 0 aliphatic heterocycles. The summed E-state index contributed by atoms with van der Waals surface area (Å²) in [5.41, 5.74) is -0.128. The van der Waals surface area contributed by atoms with E-state index in [0.29, 0.717) is 0 Å². The zero-order valence-electron chi connectivity index (χ0n) is 11.7. The van der Waals surface area contributed by atoms with Crippen LogP contribution in [0.25, 0.3) is 0 Å². The molecule has 98 valence electrons. The maximum atomic E-state index is 5.19. The molecule has 0 aliphatic rings. The second kappa shape index (κ2) is 10.1. The van der Waals surface area contributed by atoms with E-state index in [9.17, 15) is 0 Å². The van der Waals surface area contributed by atoms with Gasteiger partial charge in [-0.15, -0.1) is 0 Å². The molecule has 0 bridgehead atoms. The minimum Gasteiger partial charge on any atom is -0.240 e. The highest BCUT2D eigenvalue weighted by Crippen LogP contribution is 2.19. The quantitative estimate of drug-likeness (QED) is 0.286. The van der Waals surface area contributed by atoms with Gasteiger partial charge in [0.1, 0.15) is 0 Å². The zero-order chi connectivity index (χ0) is 12.3. The van der Waals surface area contributed by atoms with E-state index in [-0.39, 0.29) is 5.60 Å². The van der Waals surface area contributed by atoms with E-state index in [1.807, 2.05) is 0 Å². The normalized spacial score (nSPS) is 12.0. The van der Waals surface area contributed by atoms with Gasteiger partial charge in [-0.1, -0.05) is 58.3 Å². The summed E-state index contributed by atoms with van der Waals surface area (Å²) in [6, 6.07) is 0. The SMILES string of the molecule is CCCCCCCCCCC(C)(C)OOC. The fourth-order valence-electron chi connectivity index (χ4n) is 1.95. The smallest absolute Gasteiger partial charge is 0.0979 e. The molecule has 0 unspecified atom stereocenters. The third-order valence-electron chi connectivity index (χ3n) is 2.94. The molecule has 0 aromatic carbocycles. The Hall–Kier alpha value is -0.0800. The standard InChI is InChI=1S/C14H30O2/c1-5-6-7-8-9-10-11-12-13-14(2,3)16-15-4/h5-13H2,1-4H3. The van der Waals surface area contributed by atoms with Crippen molar-refractivity contribution in [2.24, 2.45) is 0 Å². The van der Waals surface area contributed by atoms with Crippen molar-refractivity contribution in [2.75, 3.05) is 7.11 Å². The van der Waals surface area contributed by atoms with Gasteiger partial charge in [0, 0.05) is 0 Å². The summed E-state index contributed by atoms with van der Waals surface area (Å²) in [7, 11) is 1.58. The lowest BCUT2D eigenvalue weighted by atomic mass is 9.99. The zero-order valence-corrected chi connectivity index (χ0v) is 11.7. The molecule has 2 nitrogen and oxygen atoms in total. The fraction of sp³-hybridized carbons (Fsp3) is 1.00. The van der Waals surface area contributed by atoms with Crippen LogP contribution in [-0.2, 0) is 9.78 Å². The van der Waals surface area contributed by atoms with Crippen LogP contribution in [0.15, 0.2) is 0 Å². The molecule has 0 N–H and O–H groups in total. The Labute approximate surface area is 102 Å². The van der Waals surface area contributed by atoms with Crippen LogP contribution < -0.4 is 0 Å². The summed E-state index contributed by atoms with van der Waals surface area (Å²) in [6.45, 7) is 6.42. The molecule has 0 amide bonds. The minimum atomic E-state index is -0.128. The Morgan fingerprint density at radius 2 is 1.31 bits per heavy atom. The molecule has 16 heavy (non-hydrogen) atoms. The molecule has 0 rings (SSSR count). The van der Waals surface area contributed by atoms with Gasteiger partial charge >= 0.3 is 0 Å². The van der Waals surface area contributed by atoms with Crippen molar-refractivity contribution in [3.63, 3.8) is 0 Å². The lowest BCUT2D eigenvalue weighted by Crippen LogP contribution is -2.23. The average Bonchev–Trinajstić information content (AvgIpc) is 2.22. The predicted molar refractivity (Wildman–Crippen MR) is 69.4 cm³/mol. The van der Waals surface area contributed by atoms with Gasteiger partial charge < -0.3 is 0 Å². The largest absolute Gasteiger partial charge is 0.240 e. The van der Waals surface area contributed by atoms with Crippen LogP contribution in [-0.4, -0.2) is 12.7 Å². The second-order valence-corrected chi connectivity index (χ2v) is 5.23. The first-order valence-corrected chi connectivity index (χ1v) is 6.84. The van der Waals surface area contributed by atoms with Gasteiger partial charge in [-0.2, -0.15) is 0 Å². The van der Waals surface area contributed by atoms with Crippen LogP contribution in [0, 0.1) is 0 Å². The summed E-state index contributed by atoms with van der Waals surface area (Å²) in [6.07, 6.45) is 12.0. The van der Waals surface area contributed by atoms with E-state index in [4.69, 9.17) is 9.78 Å². The fourth-order valence-corrected chi connectivity index (χ4v) is 1.95. The lowest BCUT2D eigenvalue weighted by Gasteiger charge is -2.22. The Balaban J connectivity index is 3.20. The topological polar surface area (TPSA) is 18.5 Å². The summed E-state index contributed by atoms with van der Waals surface area (Å²) in [5, 5.41) is 0. The molecule has 0 fully saturated rings. The van der Waals surface area contributed by atoms with Crippen LogP contribution in [0.4, 0.5) is 0 Å². The molecule has 0 aromatic rings. The van der Waals surface area contributed by atoms with E-state index < -0.39 is 0 Å².